The van der Waals surface area contributed by atoms with Gasteiger partial charge in [0, 0.05) is 55.1 Å². The van der Waals surface area contributed by atoms with E-state index in [2.05, 4.69) is 89.4 Å². The fourth-order valence-corrected chi connectivity index (χ4v) is 11.2. The Labute approximate surface area is 564 Å². The van der Waals surface area contributed by atoms with Crippen LogP contribution in [-0.2, 0) is 86.4 Å². The molecule has 0 radical (unpaired) electrons. The molecule has 38 nitrogen and oxygen atoms in total. The standard InChI is InChI=1S/C59H82N20O18S/c60-52(91)36(17-32-12-14-34(81)15-13-32)72-49(88)27-70-53(92)40(28-80)77-57(96)39(20-50(89)90)76-56(95)38(19-33-21-63-30-71-33)75-54(93)35(9-6-16-64-58(61)62)74-55(94)37(18-31-7-2-1-3-8-31)73-48(87)26-69-47(86)25-68-46(85)24-67-45(84)23-66-44(83)22-65-43(82)11-5-4-10-42-51-41(29-98-42)78-59(97)79-51/h1-3,7-8,12-15,21,30,35-42,51,80-81H,4-6,9-11,16-20,22-29H2,(H2,60,91)(H,63,71)(H,65,82)(H,66,83)(H,67,84)(H,68,85)(H,69,86)(H,70,92)(H,72,88)(H,73,87)(H,74,94)(H,75,93)(H,76,95)(H,77,96)(H,89,90)(H4,61,62,64)(H2,78,79,97)/t35-,36-,37-,38-,39-,40-,41-,42-,51-/m0/s1. The summed E-state index contributed by atoms with van der Waals surface area (Å²) < 4.78 is 0. The van der Waals surface area contributed by atoms with Crippen molar-refractivity contribution in [2.75, 3.05) is 58.2 Å². The Bertz CT molecular complexity index is 3330. The molecule has 5 rings (SSSR count). The minimum absolute atomic E-state index is 0.0189. The number of primary amides is 1. The highest BCUT2D eigenvalue weighted by molar-refractivity contribution is 8.00. The van der Waals surface area contributed by atoms with Crippen LogP contribution >= 0.6 is 11.8 Å². The van der Waals surface area contributed by atoms with Crippen LogP contribution in [0.25, 0.3) is 0 Å². The molecule has 3 heterocycles. The van der Waals surface area contributed by atoms with Gasteiger partial charge in [0.25, 0.3) is 0 Å². The molecule has 0 unspecified atom stereocenters. The van der Waals surface area contributed by atoms with E-state index in [9.17, 15) is 87.2 Å². The van der Waals surface area contributed by atoms with Gasteiger partial charge >= 0.3 is 12.0 Å². The maximum Gasteiger partial charge on any atom is 0.315 e. The zero-order valence-electron chi connectivity index (χ0n) is 53.0. The average molecular weight is 1390 g/mol. The zero-order chi connectivity index (χ0) is 71.7. The number of nitrogens with one attached hydrogen (secondary N) is 15. The molecule has 1 aromatic heterocycles. The lowest BCUT2D eigenvalue weighted by atomic mass is 10.0. The van der Waals surface area contributed by atoms with E-state index >= 15 is 0 Å². The summed E-state index contributed by atoms with van der Waals surface area (Å²) in [6.07, 6.45) is 2.80. The molecule has 0 bridgehead atoms. The van der Waals surface area contributed by atoms with Crippen molar-refractivity contribution >= 4 is 107 Å². The third-order valence-electron chi connectivity index (χ3n) is 14.7. The third kappa shape index (κ3) is 28.5. The number of aromatic nitrogens is 2. The van der Waals surface area contributed by atoms with E-state index in [1.54, 1.807) is 42.1 Å². The van der Waals surface area contributed by atoms with Gasteiger partial charge < -0.3 is 112 Å². The number of aliphatic carboxylic acids is 1. The van der Waals surface area contributed by atoms with Crippen LogP contribution in [0.3, 0.4) is 0 Å². The number of H-pyrrole nitrogens is 1. The van der Waals surface area contributed by atoms with E-state index < -0.39 is 172 Å². The quantitative estimate of drug-likeness (QED) is 0.0108. The van der Waals surface area contributed by atoms with Crippen LogP contribution in [0.5, 0.6) is 5.75 Å². The number of phenols is 1. The maximum atomic E-state index is 14.4. The summed E-state index contributed by atoms with van der Waals surface area (Å²) in [5.74, 6) is -13.1. The molecular formula is C59H82N20O18S. The van der Waals surface area contributed by atoms with Crippen molar-refractivity contribution in [2.45, 2.75) is 118 Å². The van der Waals surface area contributed by atoms with E-state index in [0.29, 0.717) is 17.5 Å². The van der Waals surface area contributed by atoms with Crippen molar-refractivity contribution in [2.24, 2.45) is 22.2 Å². The Kier molecular flexibility index (Phi) is 31.9. The number of nitrogens with zero attached hydrogens (tertiary/aromatic N) is 2. The highest BCUT2D eigenvalue weighted by atomic mass is 32.2. The Hall–Kier alpha value is -11.1. The number of aliphatic imine (C=N–C) groups is 1. The second kappa shape index (κ2) is 40.3. The topological polar surface area (TPSA) is 604 Å². The number of fused-ring (bicyclic) bond motifs is 1. The number of guanidine groups is 1. The first kappa shape index (κ1) is 77.6. The third-order valence-corrected chi connectivity index (χ3v) is 16.2. The Morgan fingerprint density at radius 1 is 0.561 bits per heavy atom. The van der Waals surface area contributed by atoms with Gasteiger partial charge in [-0.15, -0.1) is 0 Å². The second-order valence-corrected chi connectivity index (χ2v) is 23.7. The van der Waals surface area contributed by atoms with Crippen molar-refractivity contribution in [3.63, 3.8) is 0 Å². The summed E-state index contributed by atoms with van der Waals surface area (Å²) >= 11 is 1.77. The minimum Gasteiger partial charge on any atom is -0.508 e. The molecule has 39 heteroatoms. The number of unbranched alkanes of at least 4 members (excludes halogenated alkanes) is 1. The maximum absolute atomic E-state index is 14.4. The molecule has 0 aliphatic carbocycles. The van der Waals surface area contributed by atoms with Gasteiger partial charge in [-0.2, -0.15) is 11.8 Å². The van der Waals surface area contributed by atoms with E-state index in [-0.39, 0.29) is 85.3 Å². The van der Waals surface area contributed by atoms with Gasteiger partial charge in [-0.25, -0.2) is 9.78 Å². The lowest BCUT2D eigenvalue weighted by Crippen LogP contribution is -2.60. The van der Waals surface area contributed by atoms with Gasteiger partial charge in [-0.1, -0.05) is 48.9 Å². The van der Waals surface area contributed by atoms with E-state index in [0.717, 1.165) is 18.6 Å². The van der Waals surface area contributed by atoms with Crippen LogP contribution in [0.2, 0.25) is 0 Å². The van der Waals surface area contributed by atoms with Crippen molar-refractivity contribution in [3.8, 4) is 5.75 Å². The van der Waals surface area contributed by atoms with Gasteiger partial charge in [0.15, 0.2) is 5.96 Å². The molecule has 98 heavy (non-hydrogen) atoms. The van der Waals surface area contributed by atoms with Crippen molar-refractivity contribution < 1.29 is 87.2 Å². The molecule has 2 aliphatic rings. The van der Waals surface area contributed by atoms with E-state index in [1.165, 1.54) is 36.8 Å². The molecule has 2 fully saturated rings. The number of nitrogens with two attached hydrogens (primary N) is 3. The minimum atomic E-state index is -2.01. The van der Waals surface area contributed by atoms with Crippen LogP contribution in [0.4, 0.5) is 4.79 Å². The molecular weight excluding hydrogens is 1310 g/mol. The van der Waals surface area contributed by atoms with Gasteiger partial charge in [-0.05, 0) is 48.9 Å². The fourth-order valence-electron chi connectivity index (χ4n) is 9.70. The highest BCUT2D eigenvalue weighted by Crippen LogP contribution is 2.33. The number of benzene rings is 2. The van der Waals surface area contributed by atoms with E-state index in [1.807, 2.05) is 0 Å². The largest absolute Gasteiger partial charge is 0.508 e. The second-order valence-electron chi connectivity index (χ2n) is 22.4. The summed E-state index contributed by atoms with van der Waals surface area (Å²) in [4.78, 5) is 204. The number of aliphatic hydroxyl groups excluding tert-OH is 1. The molecule has 15 amide bonds. The van der Waals surface area contributed by atoms with Crippen molar-refractivity contribution in [1.29, 1.82) is 0 Å². The molecule has 9 atom stereocenters. The molecule has 0 saturated carbocycles. The number of hydrogen-bond donors (Lipinski definition) is 21. The average Bonchev–Trinajstić information content (AvgIpc) is 1.65. The van der Waals surface area contributed by atoms with Crippen molar-refractivity contribution in [3.05, 3.63) is 83.9 Å². The molecule has 24 N–H and O–H groups in total. The number of amides is 15. The molecule has 2 aromatic carbocycles. The smallest absolute Gasteiger partial charge is 0.315 e. The fraction of sp³-hybridized carbons (Fsp3) is 0.475. The molecule has 2 aliphatic heterocycles. The molecule has 3 aromatic rings. The van der Waals surface area contributed by atoms with Crippen LogP contribution in [0.15, 0.2) is 72.1 Å². The predicted octanol–water partition coefficient (Wildman–Crippen LogP) is -8.52. The van der Waals surface area contributed by atoms with Gasteiger partial charge in [-0.3, -0.25) is 72.1 Å². The first-order valence-corrected chi connectivity index (χ1v) is 31.9. The van der Waals surface area contributed by atoms with Crippen molar-refractivity contribution in [1.82, 2.24) is 84.4 Å². The summed E-state index contributed by atoms with van der Waals surface area (Å²) in [5, 5.41) is 63.5. The number of phenolic OH excluding ortho intramolecular Hbond substituents is 1. The Morgan fingerprint density at radius 3 is 1.64 bits per heavy atom. The summed E-state index contributed by atoms with van der Waals surface area (Å²) in [7, 11) is 0. The summed E-state index contributed by atoms with van der Waals surface area (Å²) in [6.45, 7) is -4.96. The Balaban J connectivity index is 1.13. The van der Waals surface area contributed by atoms with Crippen LogP contribution < -0.4 is 91.6 Å². The van der Waals surface area contributed by atoms with Gasteiger partial charge in [0.05, 0.1) is 70.7 Å². The lowest BCUT2D eigenvalue weighted by Gasteiger charge is -2.27. The first-order chi connectivity index (χ1) is 46.7. The Morgan fingerprint density at radius 2 is 1.07 bits per heavy atom. The molecule has 0 spiro atoms. The van der Waals surface area contributed by atoms with Gasteiger partial charge in [0.2, 0.25) is 76.8 Å². The number of aromatic hydroxyl groups is 1. The van der Waals surface area contributed by atoms with Crippen LogP contribution in [0.1, 0.15) is 61.8 Å². The monoisotopic (exact) mass is 1390 g/mol. The number of thioether (sulfide) groups is 1. The number of aromatic amines is 1. The van der Waals surface area contributed by atoms with Crippen LogP contribution in [-0.4, -0.2) is 232 Å². The SMILES string of the molecule is NC(=O)[C@H](Cc1ccc(O)cc1)NC(=O)CNC(=O)[C@H](CO)NC(=O)[C@H](CC(=O)O)NC(=O)[C@H](Cc1cnc[nH]1)NC(=O)[C@H](CCCN=C(N)N)NC(=O)[C@H](Cc1ccccc1)NC(=O)CNC(=O)CNC(=O)CNC(=O)CNC(=O)CNC(=O)CCCC[C@@H]1SC[C@@H]2NC(=O)N[C@@H]21. The first-order valence-electron chi connectivity index (χ1n) is 30.8. The zero-order valence-corrected chi connectivity index (χ0v) is 53.8. The number of hydrogen-bond acceptors (Lipinski definition) is 20. The predicted molar refractivity (Wildman–Crippen MR) is 346 cm³/mol. The number of carbonyl (C=O) groups is 15. The number of carboxylic acid groups (broad SMARTS) is 1. The van der Waals surface area contributed by atoms with E-state index in [4.69, 9.17) is 17.2 Å². The molecule has 532 valence electrons. The number of carbonyl (C=O) groups excluding carboxylic acids is 14. The normalized spacial score (nSPS) is 16.1. The number of urea groups is 1. The van der Waals surface area contributed by atoms with Gasteiger partial charge in [0.1, 0.15) is 42.0 Å². The number of carboxylic acids is 1. The molecule has 2 saturated heterocycles. The summed E-state index contributed by atoms with van der Waals surface area (Å²) in [5.41, 5.74) is 17.7. The summed E-state index contributed by atoms with van der Waals surface area (Å²) in [6, 6.07) is 4.03. The highest BCUT2D eigenvalue weighted by Gasteiger charge is 2.43. The number of rotatable bonds is 42. The number of imidazole rings is 1. The number of aliphatic hydroxyl groups is 1. The van der Waals surface area contributed by atoms with Crippen LogP contribution in [0, 0.1) is 0 Å². The lowest BCUT2D eigenvalue weighted by molar-refractivity contribution is -0.141.